The highest BCUT2D eigenvalue weighted by molar-refractivity contribution is 5.88. The number of carbonyl (C=O) groups is 1. The molecule has 1 N–H and O–H groups in total. The predicted octanol–water partition coefficient (Wildman–Crippen LogP) is 5.53. The SMILES string of the molecule is CCC(C)(C)C1CCC(N2CCC3(CC2)OC(=O)Nc2ccccc23)CC1. The number of nitrogens with zero attached hydrogens (tertiary/aromatic N) is 1. The fourth-order valence-electron chi connectivity index (χ4n) is 5.49. The summed E-state index contributed by atoms with van der Waals surface area (Å²) in [5.74, 6) is 0.868. The molecule has 1 aromatic rings. The van der Waals surface area contributed by atoms with Crippen molar-refractivity contribution in [1.29, 1.82) is 0 Å². The molecule has 1 aromatic carbocycles. The highest BCUT2D eigenvalue weighted by Gasteiger charge is 2.45. The van der Waals surface area contributed by atoms with Crippen LogP contribution in [0, 0.1) is 11.3 Å². The lowest BCUT2D eigenvalue weighted by Gasteiger charge is -2.48. The Morgan fingerprint density at radius 3 is 2.48 bits per heavy atom. The molecular weight excluding hydrogens is 336 g/mol. The van der Waals surface area contributed by atoms with E-state index in [4.69, 9.17) is 4.74 Å². The van der Waals surface area contributed by atoms with Crippen molar-refractivity contribution in [1.82, 2.24) is 4.90 Å². The fourth-order valence-corrected chi connectivity index (χ4v) is 5.49. The largest absolute Gasteiger partial charge is 0.438 e. The quantitative estimate of drug-likeness (QED) is 0.760. The maximum Gasteiger partial charge on any atom is 0.412 e. The van der Waals surface area contributed by atoms with Gasteiger partial charge in [-0.05, 0) is 43.1 Å². The molecule has 0 unspecified atom stereocenters. The Kier molecular flexibility index (Phi) is 4.96. The molecule has 2 aliphatic heterocycles. The minimum atomic E-state index is -0.434. The highest BCUT2D eigenvalue weighted by Crippen LogP contribution is 2.46. The summed E-state index contributed by atoms with van der Waals surface area (Å²) in [7, 11) is 0. The summed E-state index contributed by atoms with van der Waals surface area (Å²) in [6.07, 6.45) is 8.12. The Morgan fingerprint density at radius 2 is 1.81 bits per heavy atom. The van der Waals surface area contributed by atoms with Gasteiger partial charge in [0.25, 0.3) is 0 Å². The van der Waals surface area contributed by atoms with Crippen molar-refractivity contribution >= 4 is 11.8 Å². The predicted molar refractivity (Wildman–Crippen MR) is 109 cm³/mol. The topological polar surface area (TPSA) is 41.6 Å². The smallest absolute Gasteiger partial charge is 0.412 e. The zero-order valence-corrected chi connectivity index (χ0v) is 17.1. The van der Waals surface area contributed by atoms with Gasteiger partial charge in [-0.25, -0.2) is 4.79 Å². The first-order chi connectivity index (χ1) is 12.9. The average molecular weight is 371 g/mol. The Morgan fingerprint density at radius 1 is 1.15 bits per heavy atom. The second-order valence-electron chi connectivity index (χ2n) is 9.44. The Hall–Kier alpha value is -1.55. The molecule has 1 saturated heterocycles. The van der Waals surface area contributed by atoms with Gasteiger partial charge < -0.3 is 9.64 Å². The molecule has 4 heteroatoms. The minimum absolute atomic E-state index is 0.301. The third-order valence-corrected chi connectivity index (χ3v) is 7.78. The van der Waals surface area contributed by atoms with Gasteiger partial charge in [-0.1, -0.05) is 45.4 Å². The second kappa shape index (κ2) is 7.12. The van der Waals surface area contributed by atoms with E-state index in [0.717, 1.165) is 43.1 Å². The molecule has 2 fully saturated rings. The van der Waals surface area contributed by atoms with E-state index >= 15 is 0 Å². The van der Waals surface area contributed by atoms with Crippen LogP contribution in [0.15, 0.2) is 24.3 Å². The van der Waals surface area contributed by atoms with Crippen LogP contribution in [0.2, 0.25) is 0 Å². The van der Waals surface area contributed by atoms with E-state index in [1.807, 2.05) is 18.2 Å². The monoisotopic (exact) mass is 370 g/mol. The van der Waals surface area contributed by atoms with Crippen LogP contribution in [0.5, 0.6) is 0 Å². The summed E-state index contributed by atoms with van der Waals surface area (Å²) in [5, 5.41) is 2.86. The van der Waals surface area contributed by atoms with Gasteiger partial charge in [-0.3, -0.25) is 5.32 Å². The molecule has 1 aliphatic carbocycles. The van der Waals surface area contributed by atoms with Gasteiger partial charge >= 0.3 is 6.09 Å². The van der Waals surface area contributed by atoms with Gasteiger partial charge in [0.2, 0.25) is 0 Å². The Labute approximate surface area is 163 Å². The van der Waals surface area contributed by atoms with E-state index in [1.165, 1.54) is 32.1 Å². The van der Waals surface area contributed by atoms with Gasteiger partial charge in [0.05, 0.1) is 5.69 Å². The fraction of sp³-hybridized carbons (Fsp3) is 0.696. The number of piperidine rings is 1. The number of amides is 1. The summed E-state index contributed by atoms with van der Waals surface area (Å²) >= 11 is 0. The van der Waals surface area contributed by atoms with Crippen molar-refractivity contribution in [3.63, 3.8) is 0 Å². The lowest BCUT2D eigenvalue weighted by molar-refractivity contribution is -0.0515. The van der Waals surface area contributed by atoms with Crippen LogP contribution in [-0.4, -0.2) is 30.1 Å². The van der Waals surface area contributed by atoms with Crippen molar-refractivity contribution in [3.05, 3.63) is 29.8 Å². The van der Waals surface area contributed by atoms with Crippen molar-refractivity contribution in [2.75, 3.05) is 18.4 Å². The van der Waals surface area contributed by atoms with E-state index in [9.17, 15) is 4.79 Å². The van der Waals surface area contributed by atoms with Crippen LogP contribution >= 0.6 is 0 Å². The van der Waals surface area contributed by atoms with Crippen LogP contribution < -0.4 is 5.32 Å². The molecular formula is C23H34N2O2. The normalized spacial score (nSPS) is 28.3. The molecule has 0 aromatic heterocycles. The van der Waals surface area contributed by atoms with E-state index in [-0.39, 0.29) is 6.09 Å². The average Bonchev–Trinajstić information content (AvgIpc) is 2.69. The van der Waals surface area contributed by atoms with Gasteiger partial charge in [-0.15, -0.1) is 0 Å². The maximum absolute atomic E-state index is 12.1. The van der Waals surface area contributed by atoms with Gasteiger partial charge in [-0.2, -0.15) is 0 Å². The molecule has 0 atom stereocenters. The number of carbonyl (C=O) groups excluding carboxylic acids is 1. The molecule has 4 rings (SSSR count). The molecule has 0 radical (unpaired) electrons. The van der Waals surface area contributed by atoms with E-state index < -0.39 is 5.60 Å². The molecule has 1 saturated carbocycles. The number of hydrogen-bond acceptors (Lipinski definition) is 3. The first-order valence-electron chi connectivity index (χ1n) is 10.8. The number of nitrogens with one attached hydrogen (secondary N) is 1. The number of anilines is 1. The van der Waals surface area contributed by atoms with Crippen molar-refractivity contribution < 1.29 is 9.53 Å². The van der Waals surface area contributed by atoms with Crippen LogP contribution in [0.4, 0.5) is 10.5 Å². The van der Waals surface area contributed by atoms with Crippen LogP contribution in [0.25, 0.3) is 0 Å². The molecule has 27 heavy (non-hydrogen) atoms. The van der Waals surface area contributed by atoms with Crippen molar-refractivity contribution in [3.8, 4) is 0 Å². The first kappa shape index (κ1) is 18.8. The van der Waals surface area contributed by atoms with Crippen molar-refractivity contribution in [2.45, 2.75) is 77.4 Å². The molecule has 148 valence electrons. The number of ether oxygens (including phenoxy) is 1. The summed E-state index contributed by atoms with van der Waals surface area (Å²) in [6.45, 7) is 9.24. The van der Waals surface area contributed by atoms with Crippen LogP contribution in [0.1, 0.15) is 71.3 Å². The Balaban J connectivity index is 1.40. The third kappa shape index (κ3) is 3.49. The lowest BCUT2D eigenvalue weighted by atomic mass is 9.68. The highest BCUT2D eigenvalue weighted by atomic mass is 16.6. The van der Waals surface area contributed by atoms with Gasteiger partial charge in [0.1, 0.15) is 5.60 Å². The number of likely N-dealkylation sites (tertiary alicyclic amines) is 1. The second-order valence-corrected chi connectivity index (χ2v) is 9.44. The van der Waals surface area contributed by atoms with E-state index in [0.29, 0.717) is 11.5 Å². The molecule has 1 amide bonds. The number of benzene rings is 1. The maximum atomic E-state index is 12.1. The van der Waals surface area contributed by atoms with E-state index in [1.54, 1.807) is 0 Å². The van der Waals surface area contributed by atoms with E-state index in [2.05, 4.69) is 37.1 Å². The number of fused-ring (bicyclic) bond motifs is 2. The van der Waals surface area contributed by atoms with Gasteiger partial charge in [0.15, 0.2) is 0 Å². The molecule has 0 bridgehead atoms. The number of para-hydroxylation sites is 1. The minimum Gasteiger partial charge on any atom is -0.438 e. The molecule has 2 heterocycles. The van der Waals surface area contributed by atoms with Gasteiger partial charge in [0, 0.05) is 37.5 Å². The summed E-state index contributed by atoms with van der Waals surface area (Å²) in [6, 6.07) is 8.83. The molecule has 1 spiro atoms. The van der Waals surface area contributed by atoms with Crippen molar-refractivity contribution in [2.24, 2.45) is 11.3 Å². The van der Waals surface area contributed by atoms with Crippen LogP contribution in [0.3, 0.4) is 0 Å². The Bertz CT molecular complexity index is 683. The molecule has 4 nitrogen and oxygen atoms in total. The molecule has 3 aliphatic rings. The standard InChI is InChI=1S/C23H34N2O2/c1-4-22(2,3)17-9-11-18(12-10-17)25-15-13-23(14-16-25)19-7-5-6-8-20(19)24-21(26)27-23/h5-8,17-18H,4,9-16H2,1-3H3,(H,24,26). The lowest BCUT2D eigenvalue weighted by Crippen LogP contribution is -2.51. The summed E-state index contributed by atoms with van der Waals surface area (Å²) in [5.41, 5.74) is 2.11. The summed E-state index contributed by atoms with van der Waals surface area (Å²) in [4.78, 5) is 14.8. The number of hydrogen-bond donors (Lipinski definition) is 1. The zero-order valence-electron chi connectivity index (χ0n) is 17.1. The van der Waals surface area contributed by atoms with Crippen LogP contribution in [-0.2, 0) is 10.3 Å². The third-order valence-electron chi connectivity index (χ3n) is 7.78. The zero-order chi connectivity index (χ0) is 19.1. The summed E-state index contributed by atoms with van der Waals surface area (Å²) < 4.78 is 5.88. The first-order valence-corrected chi connectivity index (χ1v) is 10.8. The number of rotatable bonds is 3.